The standard InChI is InChI=1S/C14H18N2O2/c1-3-18-14(17)12(15)8-10-9-16(2)13-7-5-4-6-11(10)13/h4-7,9,12H,3,8,15H2,1-2H3/t12-/m0/s1. The fourth-order valence-corrected chi connectivity index (χ4v) is 2.16. The molecule has 0 bridgehead atoms. The van der Waals surface area contributed by atoms with E-state index in [1.165, 1.54) is 0 Å². The first-order chi connectivity index (χ1) is 8.63. The third-order valence-electron chi connectivity index (χ3n) is 3.01. The molecular formula is C14H18N2O2. The smallest absolute Gasteiger partial charge is 0.323 e. The normalized spacial score (nSPS) is 12.6. The Morgan fingerprint density at radius 1 is 1.44 bits per heavy atom. The van der Waals surface area contributed by atoms with Gasteiger partial charge in [-0.2, -0.15) is 0 Å². The lowest BCUT2D eigenvalue weighted by molar-refractivity contribution is -0.144. The van der Waals surface area contributed by atoms with Gasteiger partial charge >= 0.3 is 5.97 Å². The number of nitrogens with two attached hydrogens (primary N) is 1. The molecule has 2 rings (SSSR count). The highest BCUT2D eigenvalue weighted by Gasteiger charge is 2.17. The van der Waals surface area contributed by atoms with Crippen LogP contribution >= 0.6 is 0 Å². The predicted molar refractivity (Wildman–Crippen MR) is 71.2 cm³/mol. The average molecular weight is 246 g/mol. The number of aromatic nitrogens is 1. The predicted octanol–water partition coefficient (Wildman–Crippen LogP) is 1.61. The number of carbonyl (C=O) groups excluding carboxylic acids is 1. The molecule has 0 aliphatic rings. The van der Waals surface area contributed by atoms with E-state index in [0.29, 0.717) is 13.0 Å². The van der Waals surface area contributed by atoms with Crippen LogP contribution < -0.4 is 5.73 Å². The van der Waals surface area contributed by atoms with Crippen molar-refractivity contribution in [1.82, 2.24) is 4.57 Å². The molecule has 4 heteroatoms. The molecule has 0 spiro atoms. The molecule has 96 valence electrons. The molecule has 4 nitrogen and oxygen atoms in total. The molecule has 1 heterocycles. The van der Waals surface area contributed by atoms with E-state index in [0.717, 1.165) is 16.5 Å². The van der Waals surface area contributed by atoms with Crippen LogP contribution in [0.4, 0.5) is 0 Å². The molecule has 0 unspecified atom stereocenters. The molecule has 0 amide bonds. The summed E-state index contributed by atoms with van der Waals surface area (Å²) in [6.45, 7) is 2.14. The maximum atomic E-state index is 11.5. The minimum absolute atomic E-state index is 0.342. The van der Waals surface area contributed by atoms with Gasteiger partial charge in [0.15, 0.2) is 0 Å². The van der Waals surface area contributed by atoms with Crippen LogP contribution in [0, 0.1) is 0 Å². The molecule has 0 aliphatic heterocycles. The van der Waals surface area contributed by atoms with E-state index < -0.39 is 6.04 Å². The molecule has 1 aromatic heterocycles. The highest BCUT2D eigenvalue weighted by molar-refractivity contribution is 5.85. The van der Waals surface area contributed by atoms with Crippen molar-refractivity contribution in [3.63, 3.8) is 0 Å². The van der Waals surface area contributed by atoms with Crippen LogP contribution in [0.15, 0.2) is 30.5 Å². The Labute approximate surface area is 106 Å². The van der Waals surface area contributed by atoms with Gasteiger partial charge in [0.05, 0.1) is 6.61 Å². The molecule has 0 radical (unpaired) electrons. The molecule has 0 saturated heterocycles. The lowest BCUT2D eigenvalue weighted by atomic mass is 10.1. The minimum Gasteiger partial charge on any atom is -0.465 e. The molecule has 0 aliphatic carbocycles. The Morgan fingerprint density at radius 3 is 2.89 bits per heavy atom. The van der Waals surface area contributed by atoms with Crippen molar-refractivity contribution in [3.8, 4) is 0 Å². The number of ether oxygens (including phenoxy) is 1. The fraction of sp³-hybridized carbons (Fsp3) is 0.357. The van der Waals surface area contributed by atoms with Gasteiger partial charge in [-0.25, -0.2) is 0 Å². The van der Waals surface area contributed by atoms with Crippen LogP contribution in [0.5, 0.6) is 0 Å². The molecule has 0 saturated carbocycles. The van der Waals surface area contributed by atoms with E-state index in [9.17, 15) is 4.79 Å². The van der Waals surface area contributed by atoms with Gasteiger partial charge in [0, 0.05) is 30.6 Å². The second-order valence-electron chi connectivity index (χ2n) is 4.35. The summed E-state index contributed by atoms with van der Waals surface area (Å²) in [5.74, 6) is -0.342. The van der Waals surface area contributed by atoms with E-state index in [1.54, 1.807) is 6.92 Å². The van der Waals surface area contributed by atoms with Crippen LogP contribution in [0.3, 0.4) is 0 Å². The van der Waals surface area contributed by atoms with Crippen LogP contribution in [0.2, 0.25) is 0 Å². The summed E-state index contributed by atoms with van der Waals surface area (Å²) in [6, 6.07) is 7.48. The highest BCUT2D eigenvalue weighted by atomic mass is 16.5. The summed E-state index contributed by atoms with van der Waals surface area (Å²) < 4.78 is 6.97. The topological polar surface area (TPSA) is 57.2 Å². The van der Waals surface area contributed by atoms with Gasteiger partial charge in [-0.3, -0.25) is 4.79 Å². The zero-order valence-corrected chi connectivity index (χ0v) is 10.7. The lowest BCUT2D eigenvalue weighted by Gasteiger charge is -2.09. The van der Waals surface area contributed by atoms with Crippen molar-refractivity contribution in [1.29, 1.82) is 0 Å². The largest absolute Gasteiger partial charge is 0.465 e. The van der Waals surface area contributed by atoms with Gasteiger partial charge in [0.1, 0.15) is 6.04 Å². The fourth-order valence-electron chi connectivity index (χ4n) is 2.16. The second kappa shape index (κ2) is 5.23. The SMILES string of the molecule is CCOC(=O)[C@@H](N)Cc1cn(C)c2ccccc12. The Kier molecular flexibility index (Phi) is 3.67. The van der Waals surface area contributed by atoms with Crippen LogP contribution in [-0.2, 0) is 23.0 Å². The number of fused-ring (bicyclic) bond motifs is 1. The first-order valence-corrected chi connectivity index (χ1v) is 6.08. The number of hydrogen-bond donors (Lipinski definition) is 1. The minimum atomic E-state index is -0.601. The zero-order chi connectivity index (χ0) is 13.1. The first-order valence-electron chi connectivity index (χ1n) is 6.08. The number of rotatable bonds is 4. The third kappa shape index (κ3) is 2.38. The summed E-state index contributed by atoms with van der Waals surface area (Å²) in [5.41, 5.74) is 8.07. The molecular weight excluding hydrogens is 228 g/mol. The number of esters is 1. The Hall–Kier alpha value is -1.81. The molecule has 1 aromatic carbocycles. The molecule has 18 heavy (non-hydrogen) atoms. The Balaban J connectivity index is 2.24. The van der Waals surface area contributed by atoms with Gasteiger partial charge < -0.3 is 15.0 Å². The molecule has 2 N–H and O–H groups in total. The number of benzene rings is 1. The molecule has 1 atom stereocenters. The maximum Gasteiger partial charge on any atom is 0.323 e. The molecule has 2 aromatic rings. The zero-order valence-electron chi connectivity index (χ0n) is 10.7. The van der Waals surface area contributed by atoms with Gasteiger partial charge in [-0.15, -0.1) is 0 Å². The summed E-state index contributed by atoms with van der Waals surface area (Å²) in [5, 5.41) is 1.14. The number of para-hydroxylation sites is 1. The summed E-state index contributed by atoms with van der Waals surface area (Å²) in [6.07, 6.45) is 2.52. The van der Waals surface area contributed by atoms with E-state index >= 15 is 0 Å². The van der Waals surface area contributed by atoms with E-state index in [-0.39, 0.29) is 5.97 Å². The van der Waals surface area contributed by atoms with Gasteiger partial charge in [-0.1, -0.05) is 18.2 Å². The molecule has 0 fully saturated rings. The number of aryl methyl sites for hydroxylation is 1. The summed E-state index contributed by atoms with van der Waals surface area (Å²) in [7, 11) is 1.99. The van der Waals surface area contributed by atoms with Gasteiger partial charge in [0.2, 0.25) is 0 Å². The monoisotopic (exact) mass is 246 g/mol. The van der Waals surface area contributed by atoms with Crippen LogP contribution in [0.25, 0.3) is 10.9 Å². The second-order valence-corrected chi connectivity index (χ2v) is 4.35. The summed E-state index contributed by atoms with van der Waals surface area (Å²) >= 11 is 0. The van der Waals surface area contributed by atoms with Crippen molar-refractivity contribution in [2.24, 2.45) is 12.8 Å². The van der Waals surface area contributed by atoms with E-state index in [2.05, 4.69) is 6.07 Å². The van der Waals surface area contributed by atoms with Crippen molar-refractivity contribution in [2.45, 2.75) is 19.4 Å². The van der Waals surface area contributed by atoms with E-state index in [1.807, 2.05) is 36.0 Å². The number of carbonyl (C=O) groups is 1. The highest BCUT2D eigenvalue weighted by Crippen LogP contribution is 2.21. The van der Waals surface area contributed by atoms with Crippen molar-refractivity contribution < 1.29 is 9.53 Å². The van der Waals surface area contributed by atoms with Gasteiger partial charge in [-0.05, 0) is 18.6 Å². The maximum absolute atomic E-state index is 11.5. The van der Waals surface area contributed by atoms with Gasteiger partial charge in [0.25, 0.3) is 0 Å². The van der Waals surface area contributed by atoms with Crippen molar-refractivity contribution in [3.05, 3.63) is 36.0 Å². The Morgan fingerprint density at radius 2 is 2.17 bits per heavy atom. The van der Waals surface area contributed by atoms with Crippen LogP contribution in [-0.4, -0.2) is 23.2 Å². The van der Waals surface area contributed by atoms with E-state index in [4.69, 9.17) is 10.5 Å². The third-order valence-corrected chi connectivity index (χ3v) is 3.01. The Bertz CT molecular complexity index is 560. The van der Waals surface area contributed by atoms with Crippen molar-refractivity contribution >= 4 is 16.9 Å². The number of nitrogens with zero attached hydrogens (tertiary/aromatic N) is 1. The van der Waals surface area contributed by atoms with Crippen molar-refractivity contribution in [2.75, 3.05) is 6.61 Å². The summed E-state index contributed by atoms with van der Waals surface area (Å²) in [4.78, 5) is 11.5. The van der Waals surface area contributed by atoms with Crippen LogP contribution in [0.1, 0.15) is 12.5 Å². The average Bonchev–Trinajstić information content (AvgIpc) is 2.67. The quantitative estimate of drug-likeness (QED) is 0.834. The first kappa shape index (κ1) is 12.6. The lowest BCUT2D eigenvalue weighted by Crippen LogP contribution is -2.34. The number of hydrogen-bond acceptors (Lipinski definition) is 3.